The van der Waals surface area contributed by atoms with E-state index in [-0.39, 0.29) is 5.82 Å². The largest absolute Gasteiger partial charge is 0.342 e. The predicted molar refractivity (Wildman–Crippen MR) is 57.2 cm³/mol. The highest BCUT2D eigenvalue weighted by atomic mass is 79.9. The molecular weight excluding hydrogens is 263 g/mol. The Kier molecular flexibility index (Phi) is 3.11. The van der Waals surface area contributed by atoms with E-state index in [0.29, 0.717) is 23.4 Å². The zero-order valence-electron chi connectivity index (χ0n) is 7.78. The predicted octanol–water partition coefficient (Wildman–Crippen LogP) is 2.81. The minimum Gasteiger partial charge on any atom is -0.342 e. The van der Waals surface area contributed by atoms with E-state index in [2.05, 4.69) is 30.6 Å². The van der Waals surface area contributed by atoms with Crippen LogP contribution in [-0.2, 0) is 6.42 Å². The van der Waals surface area contributed by atoms with Gasteiger partial charge in [-0.2, -0.15) is 4.98 Å². The molecule has 0 saturated carbocycles. The molecule has 2 aromatic rings. The molecule has 15 heavy (non-hydrogen) atoms. The average Bonchev–Trinajstić information content (AvgIpc) is 2.74. The monoisotopic (exact) mass is 270 g/mol. The third-order valence-electron chi connectivity index (χ3n) is 2.04. The number of hydrogen-bond acceptors (Lipinski definition) is 3. The Labute approximate surface area is 94.4 Å². The summed E-state index contributed by atoms with van der Waals surface area (Å²) < 4.78 is 18.1. The summed E-state index contributed by atoms with van der Waals surface area (Å²) in [5.74, 6) is 0.163. The minimum atomic E-state index is -0.239. The number of benzene rings is 1. The van der Waals surface area contributed by atoms with Crippen molar-refractivity contribution in [1.29, 1.82) is 0 Å². The smallest absolute Gasteiger partial charge is 0.214 e. The molecule has 3 nitrogen and oxygen atoms in total. The van der Waals surface area contributed by atoms with Gasteiger partial charge in [0.1, 0.15) is 5.82 Å². The van der Waals surface area contributed by atoms with Gasteiger partial charge in [-0.25, -0.2) is 4.39 Å². The summed E-state index contributed by atoms with van der Waals surface area (Å²) in [6.45, 7) is 0. The van der Waals surface area contributed by atoms with Crippen LogP contribution in [0.15, 0.2) is 29.1 Å². The van der Waals surface area contributed by atoms with Crippen molar-refractivity contribution in [2.45, 2.75) is 6.42 Å². The van der Waals surface area contributed by atoms with Gasteiger partial charge >= 0.3 is 0 Å². The Bertz CT molecular complexity index is 445. The Morgan fingerprint density at radius 2 is 2.27 bits per heavy atom. The van der Waals surface area contributed by atoms with Gasteiger partial charge in [0, 0.05) is 10.9 Å². The zero-order valence-corrected chi connectivity index (χ0v) is 9.37. The molecule has 0 radical (unpaired) electrons. The molecule has 1 aromatic heterocycles. The number of aryl methyl sites for hydroxylation is 1. The van der Waals surface area contributed by atoms with Crippen molar-refractivity contribution in [1.82, 2.24) is 10.1 Å². The lowest BCUT2D eigenvalue weighted by Crippen LogP contribution is -1.92. The molecule has 0 saturated heterocycles. The molecule has 0 bridgehead atoms. The number of halogens is 2. The van der Waals surface area contributed by atoms with E-state index in [4.69, 9.17) is 0 Å². The number of hydrogen-bond donors (Lipinski definition) is 0. The number of rotatable bonds is 3. The van der Waals surface area contributed by atoms with E-state index in [1.165, 1.54) is 12.5 Å². The first-order valence-electron chi connectivity index (χ1n) is 4.42. The van der Waals surface area contributed by atoms with E-state index in [9.17, 15) is 4.39 Å². The summed E-state index contributed by atoms with van der Waals surface area (Å²) in [6.07, 6.45) is 1.89. The Morgan fingerprint density at radius 3 is 2.87 bits per heavy atom. The summed E-state index contributed by atoms with van der Waals surface area (Å²) in [5.41, 5.74) is 1.30. The molecule has 0 atom stereocenters. The number of alkyl halides is 1. The Balaban J connectivity index is 2.33. The highest BCUT2D eigenvalue weighted by Gasteiger charge is 2.07. The van der Waals surface area contributed by atoms with Crippen LogP contribution in [0.25, 0.3) is 11.4 Å². The van der Waals surface area contributed by atoms with Crippen LogP contribution in [0.4, 0.5) is 4.39 Å². The van der Waals surface area contributed by atoms with Crippen molar-refractivity contribution in [3.8, 4) is 11.4 Å². The van der Waals surface area contributed by atoms with Crippen LogP contribution in [0.5, 0.6) is 0 Å². The molecule has 5 heteroatoms. The molecule has 0 spiro atoms. The normalized spacial score (nSPS) is 10.5. The van der Waals surface area contributed by atoms with Gasteiger partial charge in [-0.15, -0.1) is 0 Å². The van der Waals surface area contributed by atoms with Crippen LogP contribution < -0.4 is 0 Å². The molecule has 0 N–H and O–H groups in total. The van der Waals surface area contributed by atoms with E-state index in [1.54, 1.807) is 12.1 Å². The highest BCUT2D eigenvalue weighted by molar-refractivity contribution is 9.09. The maximum atomic E-state index is 13.5. The van der Waals surface area contributed by atoms with Gasteiger partial charge in [-0.1, -0.05) is 33.2 Å². The topological polar surface area (TPSA) is 38.9 Å². The fourth-order valence-electron chi connectivity index (χ4n) is 1.29. The Hall–Kier alpha value is -1.23. The van der Waals surface area contributed by atoms with Crippen molar-refractivity contribution in [2.24, 2.45) is 0 Å². The van der Waals surface area contributed by atoms with E-state index in [0.717, 1.165) is 5.33 Å². The second-order valence-corrected chi connectivity index (χ2v) is 3.79. The lowest BCUT2D eigenvalue weighted by Gasteiger charge is -2.01. The highest BCUT2D eigenvalue weighted by Crippen LogP contribution is 2.19. The quantitative estimate of drug-likeness (QED) is 0.806. The molecule has 0 unspecified atom stereocenters. The first-order chi connectivity index (χ1) is 7.31. The van der Waals surface area contributed by atoms with Gasteiger partial charge < -0.3 is 4.52 Å². The van der Waals surface area contributed by atoms with E-state index in [1.807, 2.05) is 0 Å². The standard InChI is InChI=1S/C10H8BrFN2O/c11-4-3-7-1-2-8(5-9(7)12)10-13-6-15-14-10/h1-2,5-6H,3-4H2. The van der Waals surface area contributed by atoms with Gasteiger partial charge in [-0.05, 0) is 18.1 Å². The van der Waals surface area contributed by atoms with Crippen LogP contribution in [0.1, 0.15) is 5.56 Å². The molecule has 0 aliphatic heterocycles. The summed E-state index contributed by atoms with van der Waals surface area (Å²) in [4.78, 5) is 3.85. The number of aromatic nitrogens is 2. The molecule has 78 valence electrons. The van der Waals surface area contributed by atoms with Crippen molar-refractivity contribution in [3.63, 3.8) is 0 Å². The molecule has 1 heterocycles. The van der Waals surface area contributed by atoms with Crippen molar-refractivity contribution < 1.29 is 8.91 Å². The summed E-state index contributed by atoms with van der Waals surface area (Å²) in [6, 6.07) is 4.94. The van der Waals surface area contributed by atoms with Crippen LogP contribution in [-0.4, -0.2) is 15.5 Å². The Morgan fingerprint density at radius 1 is 1.40 bits per heavy atom. The molecule has 0 fully saturated rings. The van der Waals surface area contributed by atoms with Gasteiger partial charge in [-0.3, -0.25) is 0 Å². The zero-order chi connectivity index (χ0) is 10.7. The fourth-order valence-corrected chi connectivity index (χ4v) is 1.72. The van der Waals surface area contributed by atoms with Crippen LogP contribution >= 0.6 is 15.9 Å². The second kappa shape index (κ2) is 4.53. The van der Waals surface area contributed by atoms with Gasteiger partial charge in [0.2, 0.25) is 12.2 Å². The lowest BCUT2D eigenvalue weighted by atomic mass is 10.1. The third-order valence-corrected chi connectivity index (χ3v) is 2.43. The van der Waals surface area contributed by atoms with Crippen molar-refractivity contribution in [3.05, 3.63) is 36.0 Å². The minimum absolute atomic E-state index is 0.239. The van der Waals surface area contributed by atoms with Crippen LogP contribution in [0.2, 0.25) is 0 Å². The first kappa shape index (κ1) is 10.3. The molecule has 0 aliphatic carbocycles. The summed E-state index contributed by atoms with van der Waals surface area (Å²) in [7, 11) is 0. The van der Waals surface area contributed by atoms with Crippen molar-refractivity contribution in [2.75, 3.05) is 5.33 Å². The maximum Gasteiger partial charge on any atom is 0.214 e. The average molecular weight is 271 g/mol. The summed E-state index contributed by atoms with van der Waals surface area (Å²) in [5, 5.41) is 4.38. The molecule has 2 rings (SSSR count). The second-order valence-electron chi connectivity index (χ2n) is 3.00. The van der Waals surface area contributed by atoms with E-state index >= 15 is 0 Å². The maximum absolute atomic E-state index is 13.5. The SMILES string of the molecule is Fc1cc(-c2ncon2)ccc1CCBr. The molecule has 0 amide bonds. The number of nitrogens with zero attached hydrogens (tertiary/aromatic N) is 2. The van der Waals surface area contributed by atoms with Gasteiger partial charge in [0.15, 0.2) is 0 Å². The molecule has 1 aromatic carbocycles. The van der Waals surface area contributed by atoms with E-state index < -0.39 is 0 Å². The fraction of sp³-hybridized carbons (Fsp3) is 0.200. The lowest BCUT2D eigenvalue weighted by molar-refractivity contribution is 0.418. The molecule has 0 aliphatic rings. The van der Waals surface area contributed by atoms with Crippen LogP contribution in [0, 0.1) is 5.82 Å². The van der Waals surface area contributed by atoms with Crippen molar-refractivity contribution >= 4 is 15.9 Å². The first-order valence-corrected chi connectivity index (χ1v) is 5.54. The van der Waals surface area contributed by atoms with Crippen LogP contribution in [0.3, 0.4) is 0 Å². The van der Waals surface area contributed by atoms with Gasteiger partial charge in [0.05, 0.1) is 0 Å². The molecular formula is C10H8BrFN2O. The van der Waals surface area contributed by atoms with Gasteiger partial charge in [0.25, 0.3) is 0 Å². The summed E-state index contributed by atoms with van der Waals surface area (Å²) >= 11 is 3.27. The third kappa shape index (κ3) is 2.23.